The number of hydrazone groups is 1. The summed E-state index contributed by atoms with van der Waals surface area (Å²) >= 11 is 3.36. The van der Waals surface area contributed by atoms with Gasteiger partial charge in [0.1, 0.15) is 11.6 Å². The van der Waals surface area contributed by atoms with Gasteiger partial charge in [-0.3, -0.25) is 9.59 Å². The van der Waals surface area contributed by atoms with Crippen LogP contribution in [0.15, 0.2) is 52.0 Å². The summed E-state index contributed by atoms with van der Waals surface area (Å²) in [5.41, 5.74) is 3.68. The lowest BCUT2D eigenvalue weighted by Gasteiger charge is -2.09. The summed E-state index contributed by atoms with van der Waals surface area (Å²) in [6, 6.07) is 11.3. The van der Waals surface area contributed by atoms with E-state index in [0.717, 1.165) is 10.0 Å². The van der Waals surface area contributed by atoms with Crippen LogP contribution in [0.4, 0.5) is 10.1 Å². The fourth-order valence-electron chi connectivity index (χ4n) is 2.14. The van der Waals surface area contributed by atoms with Crippen molar-refractivity contribution in [2.24, 2.45) is 5.10 Å². The van der Waals surface area contributed by atoms with Crippen LogP contribution in [-0.4, -0.2) is 24.1 Å². The molecule has 0 unspecified atom stereocenters. The van der Waals surface area contributed by atoms with E-state index >= 15 is 0 Å². The first-order chi connectivity index (χ1) is 12.8. The molecule has 0 aliphatic heterocycles. The van der Waals surface area contributed by atoms with Crippen LogP contribution in [0.3, 0.4) is 0 Å². The van der Waals surface area contributed by atoms with Crippen LogP contribution in [-0.2, 0) is 9.59 Å². The molecule has 2 aromatic carbocycles. The highest BCUT2D eigenvalue weighted by molar-refractivity contribution is 9.10. The Kier molecular flexibility index (Phi) is 7.48. The maximum Gasteiger partial charge on any atom is 0.277 e. The molecule has 6 nitrogen and oxygen atoms in total. The standard InChI is InChI=1S/C19H19BrFN3O3/c1-12-9-14(20)7-8-17(12)27-11-19(26)24-23-13(2)10-18(25)22-16-6-4-3-5-15(16)21/h3-9H,10-11H2,1-2H3,(H,22,25)(H,24,26)/b23-13-. The van der Waals surface area contributed by atoms with Crippen LogP contribution in [0, 0.1) is 12.7 Å². The van der Waals surface area contributed by atoms with E-state index in [1.54, 1.807) is 19.1 Å². The Morgan fingerprint density at radius 2 is 1.93 bits per heavy atom. The zero-order chi connectivity index (χ0) is 19.8. The van der Waals surface area contributed by atoms with Crippen LogP contribution >= 0.6 is 15.9 Å². The van der Waals surface area contributed by atoms with Crippen LogP contribution in [0.1, 0.15) is 18.9 Å². The minimum Gasteiger partial charge on any atom is -0.483 e. The minimum absolute atomic E-state index is 0.0821. The van der Waals surface area contributed by atoms with Crippen molar-refractivity contribution in [1.29, 1.82) is 0 Å². The van der Waals surface area contributed by atoms with Crippen LogP contribution < -0.4 is 15.5 Å². The lowest BCUT2D eigenvalue weighted by atomic mass is 10.2. The second-order valence-electron chi connectivity index (χ2n) is 5.79. The summed E-state index contributed by atoms with van der Waals surface area (Å²) in [4.78, 5) is 23.7. The molecule has 0 spiro atoms. The topological polar surface area (TPSA) is 79.8 Å². The van der Waals surface area contributed by atoms with Crippen molar-refractivity contribution < 1.29 is 18.7 Å². The first-order valence-electron chi connectivity index (χ1n) is 8.10. The molecule has 0 bridgehead atoms. The summed E-state index contributed by atoms with van der Waals surface area (Å²) in [6.45, 7) is 3.25. The third-order valence-electron chi connectivity index (χ3n) is 3.43. The number of rotatable bonds is 7. The van der Waals surface area contributed by atoms with E-state index in [1.807, 2.05) is 19.1 Å². The van der Waals surface area contributed by atoms with Crippen molar-refractivity contribution in [3.05, 3.63) is 58.3 Å². The van der Waals surface area contributed by atoms with Gasteiger partial charge in [0.15, 0.2) is 6.61 Å². The van der Waals surface area contributed by atoms with Crippen LogP contribution in [0.25, 0.3) is 0 Å². The summed E-state index contributed by atoms with van der Waals surface area (Å²) < 4.78 is 19.9. The molecule has 0 heterocycles. The van der Waals surface area contributed by atoms with Gasteiger partial charge in [0.25, 0.3) is 5.91 Å². The molecule has 2 amide bonds. The van der Waals surface area contributed by atoms with Crippen LogP contribution in [0.2, 0.25) is 0 Å². The van der Waals surface area contributed by atoms with E-state index in [1.165, 1.54) is 18.2 Å². The number of hydrogen-bond donors (Lipinski definition) is 2. The number of nitrogens with zero attached hydrogens (tertiary/aromatic N) is 1. The Bertz CT molecular complexity index is 871. The molecule has 0 fully saturated rings. The molecular formula is C19H19BrFN3O3. The van der Waals surface area contributed by atoms with Crippen molar-refractivity contribution >= 4 is 39.1 Å². The van der Waals surface area contributed by atoms with Crippen molar-refractivity contribution in [2.75, 3.05) is 11.9 Å². The molecule has 2 N–H and O–H groups in total. The van der Waals surface area contributed by atoms with Crippen molar-refractivity contribution in [1.82, 2.24) is 5.43 Å². The van der Waals surface area contributed by atoms with Gasteiger partial charge in [0, 0.05) is 10.2 Å². The van der Waals surface area contributed by atoms with Gasteiger partial charge in [0.2, 0.25) is 5.91 Å². The van der Waals surface area contributed by atoms with Crippen LogP contribution in [0.5, 0.6) is 5.75 Å². The molecule has 0 aliphatic carbocycles. The molecule has 0 atom stereocenters. The van der Waals surface area contributed by atoms with E-state index in [0.29, 0.717) is 11.5 Å². The molecule has 2 rings (SSSR count). The van der Waals surface area contributed by atoms with Gasteiger partial charge in [-0.25, -0.2) is 9.82 Å². The van der Waals surface area contributed by atoms with Crippen molar-refractivity contribution in [3.63, 3.8) is 0 Å². The van der Waals surface area contributed by atoms with Gasteiger partial charge in [0.05, 0.1) is 12.1 Å². The fourth-order valence-corrected chi connectivity index (χ4v) is 2.61. The number of hydrogen-bond acceptors (Lipinski definition) is 4. The Morgan fingerprint density at radius 3 is 2.63 bits per heavy atom. The number of benzene rings is 2. The number of ether oxygens (including phenoxy) is 1. The predicted molar refractivity (Wildman–Crippen MR) is 105 cm³/mol. The Balaban J connectivity index is 1.79. The highest BCUT2D eigenvalue weighted by Gasteiger charge is 2.09. The molecule has 0 saturated heterocycles. The molecule has 0 aromatic heterocycles. The number of halogens is 2. The third-order valence-corrected chi connectivity index (χ3v) is 3.92. The molecule has 0 saturated carbocycles. The number of para-hydroxylation sites is 1. The smallest absolute Gasteiger partial charge is 0.277 e. The molecule has 142 valence electrons. The third kappa shape index (κ3) is 6.82. The molecule has 0 aliphatic rings. The summed E-state index contributed by atoms with van der Waals surface area (Å²) in [5, 5.41) is 6.30. The number of carbonyl (C=O) groups is 2. The normalized spacial score (nSPS) is 11.0. The number of aryl methyl sites for hydroxylation is 1. The SMILES string of the molecule is C/C(CC(=O)Nc1ccccc1F)=N/NC(=O)COc1ccc(Br)cc1C. The first-order valence-corrected chi connectivity index (χ1v) is 8.90. The maximum atomic E-state index is 13.5. The van der Waals surface area contributed by atoms with Gasteiger partial charge in [-0.1, -0.05) is 28.1 Å². The van der Waals surface area contributed by atoms with E-state index in [-0.39, 0.29) is 18.7 Å². The average Bonchev–Trinajstić information content (AvgIpc) is 2.61. The number of anilines is 1. The number of nitrogens with one attached hydrogen (secondary N) is 2. The van der Waals surface area contributed by atoms with Crippen molar-refractivity contribution in [3.8, 4) is 5.75 Å². The average molecular weight is 436 g/mol. The number of amides is 2. The Hall–Kier alpha value is -2.74. The molecule has 2 aromatic rings. The van der Waals surface area contributed by atoms with Gasteiger partial charge in [-0.05, 0) is 49.7 Å². The first kappa shape index (κ1) is 20.6. The fraction of sp³-hybridized carbons (Fsp3) is 0.211. The van der Waals surface area contributed by atoms with E-state index in [4.69, 9.17) is 4.74 Å². The summed E-state index contributed by atoms with van der Waals surface area (Å²) in [5.74, 6) is -0.809. The second kappa shape index (κ2) is 9.82. The second-order valence-corrected chi connectivity index (χ2v) is 6.70. The zero-order valence-electron chi connectivity index (χ0n) is 14.9. The highest BCUT2D eigenvalue weighted by Crippen LogP contribution is 2.21. The van der Waals surface area contributed by atoms with Gasteiger partial charge >= 0.3 is 0 Å². The summed E-state index contributed by atoms with van der Waals surface area (Å²) in [6.07, 6.45) is -0.0821. The lowest BCUT2D eigenvalue weighted by molar-refractivity contribution is -0.123. The quantitative estimate of drug-likeness (QED) is 0.512. The number of carbonyl (C=O) groups excluding carboxylic acids is 2. The van der Waals surface area contributed by atoms with Crippen molar-refractivity contribution in [2.45, 2.75) is 20.3 Å². The zero-order valence-corrected chi connectivity index (χ0v) is 16.5. The molecule has 0 radical (unpaired) electrons. The monoisotopic (exact) mass is 435 g/mol. The lowest BCUT2D eigenvalue weighted by Crippen LogP contribution is -2.26. The van der Waals surface area contributed by atoms with Gasteiger partial charge in [-0.15, -0.1) is 0 Å². The Morgan fingerprint density at radius 1 is 1.19 bits per heavy atom. The van der Waals surface area contributed by atoms with Gasteiger partial charge in [-0.2, -0.15) is 5.10 Å². The molecule has 8 heteroatoms. The molecule has 27 heavy (non-hydrogen) atoms. The maximum absolute atomic E-state index is 13.5. The van der Waals surface area contributed by atoms with E-state index < -0.39 is 17.6 Å². The Labute approximate surface area is 164 Å². The molecular weight excluding hydrogens is 417 g/mol. The largest absolute Gasteiger partial charge is 0.483 e. The predicted octanol–water partition coefficient (Wildman–Crippen LogP) is 3.80. The summed E-state index contributed by atoms with van der Waals surface area (Å²) in [7, 11) is 0. The van der Waals surface area contributed by atoms with E-state index in [9.17, 15) is 14.0 Å². The minimum atomic E-state index is -0.519. The van der Waals surface area contributed by atoms with E-state index in [2.05, 4.69) is 31.8 Å². The highest BCUT2D eigenvalue weighted by atomic mass is 79.9. The van der Waals surface area contributed by atoms with Gasteiger partial charge < -0.3 is 10.1 Å².